The third kappa shape index (κ3) is 4.15. The molecule has 3 rings (SSSR count). The van der Waals surface area contributed by atoms with Gasteiger partial charge in [0.15, 0.2) is 0 Å². The zero-order valence-electron chi connectivity index (χ0n) is 15.9. The fourth-order valence-electron chi connectivity index (χ4n) is 2.94. The molecular formula is C21H26N2O3. The predicted molar refractivity (Wildman–Crippen MR) is 101 cm³/mol. The summed E-state index contributed by atoms with van der Waals surface area (Å²) < 4.78 is 11.2. The Balaban J connectivity index is 1.65. The quantitative estimate of drug-likeness (QED) is 0.759. The lowest BCUT2D eigenvalue weighted by molar-refractivity contribution is 0.0783. The Labute approximate surface area is 155 Å². The van der Waals surface area contributed by atoms with Gasteiger partial charge in [0, 0.05) is 29.9 Å². The molecule has 1 aromatic carbocycles. The second-order valence-electron chi connectivity index (χ2n) is 6.99. The highest BCUT2D eigenvalue weighted by Gasteiger charge is 2.22. The summed E-state index contributed by atoms with van der Waals surface area (Å²) in [5.41, 5.74) is 3.44. The highest BCUT2D eigenvalue weighted by molar-refractivity contribution is 5.94. The predicted octanol–water partition coefficient (Wildman–Crippen LogP) is 3.77. The number of hydrogen-bond acceptors (Lipinski definition) is 4. The van der Waals surface area contributed by atoms with Crippen molar-refractivity contribution in [1.82, 2.24) is 9.88 Å². The summed E-state index contributed by atoms with van der Waals surface area (Å²) in [5.74, 6) is 2.31. The van der Waals surface area contributed by atoms with Gasteiger partial charge in [-0.05, 0) is 56.9 Å². The molecule has 0 radical (unpaired) electrons. The first kappa shape index (κ1) is 18.2. The van der Waals surface area contributed by atoms with E-state index in [2.05, 4.69) is 4.98 Å². The first-order valence-electron chi connectivity index (χ1n) is 8.97. The third-order valence-corrected chi connectivity index (χ3v) is 4.77. The highest BCUT2D eigenvalue weighted by Crippen LogP contribution is 2.29. The largest absolute Gasteiger partial charge is 0.496 e. The molecule has 0 unspecified atom stereocenters. The molecular weight excluding hydrogens is 328 g/mol. The van der Waals surface area contributed by atoms with E-state index < -0.39 is 0 Å². The summed E-state index contributed by atoms with van der Waals surface area (Å²) in [6.07, 6.45) is 4.31. The van der Waals surface area contributed by atoms with E-state index in [0.717, 1.165) is 34.9 Å². The number of nitrogens with zero attached hydrogens (tertiary/aromatic N) is 2. The Morgan fingerprint density at radius 2 is 1.92 bits per heavy atom. The van der Waals surface area contributed by atoms with Crippen LogP contribution in [0.4, 0.5) is 0 Å². The fourth-order valence-corrected chi connectivity index (χ4v) is 2.94. The molecule has 1 amide bonds. The zero-order chi connectivity index (χ0) is 18.7. The van der Waals surface area contributed by atoms with Crippen molar-refractivity contribution in [3.63, 3.8) is 0 Å². The van der Waals surface area contributed by atoms with Gasteiger partial charge in [-0.3, -0.25) is 9.78 Å². The van der Waals surface area contributed by atoms with Crippen LogP contribution < -0.4 is 9.47 Å². The lowest BCUT2D eigenvalue weighted by Crippen LogP contribution is -2.27. The third-order valence-electron chi connectivity index (χ3n) is 4.77. The van der Waals surface area contributed by atoms with Crippen LogP contribution in [0.25, 0.3) is 0 Å². The molecule has 5 heteroatoms. The SMILES string of the molecule is COc1c(C)cnc(CN(C)C(=O)c2ccc(OCC3CC3)cc2)c1C. The average Bonchev–Trinajstić information content (AvgIpc) is 3.47. The summed E-state index contributed by atoms with van der Waals surface area (Å²) in [6, 6.07) is 7.36. The Kier molecular flexibility index (Phi) is 5.45. The molecule has 5 nitrogen and oxygen atoms in total. The van der Waals surface area contributed by atoms with Gasteiger partial charge in [0.05, 0.1) is 26.0 Å². The van der Waals surface area contributed by atoms with Gasteiger partial charge in [-0.2, -0.15) is 0 Å². The molecule has 1 aliphatic carbocycles. The first-order valence-corrected chi connectivity index (χ1v) is 8.97. The molecule has 138 valence electrons. The molecule has 0 aliphatic heterocycles. The van der Waals surface area contributed by atoms with E-state index in [-0.39, 0.29) is 5.91 Å². The molecule has 0 saturated heterocycles. The van der Waals surface area contributed by atoms with Crippen molar-refractivity contribution in [1.29, 1.82) is 0 Å². The minimum absolute atomic E-state index is 0.0421. The number of carbonyl (C=O) groups is 1. The number of methoxy groups -OCH3 is 1. The van der Waals surface area contributed by atoms with Crippen LogP contribution in [-0.2, 0) is 6.54 Å². The number of rotatable bonds is 7. The van der Waals surface area contributed by atoms with Gasteiger partial charge in [-0.15, -0.1) is 0 Å². The smallest absolute Gasteiger partial charge is 0.253 e. The number of pyridine rings is 1. The summed E-state index contributed by atoms with van der Waals surface area (Å²) in [4.78, 5) is 18.8. The van der Waals surface area contributed by atoms with Crippen molar-refractivity contribution in [2.75, 3.05) is 20.8 Å². The van der Waals surface area contributed by atoms with E-state index in [9.17, 15) is 4.79 Å². The first-order chi connectivity index (χ1) is 12.5. The van der Waals surface area contributed by atoms with Crippen molar-refractivity contribution < 1.29 is 14.3 Å². The van der Waals surface area contributed by atoms with E-state index in [1.807, 2.05) is 38.1 Å². The van der Waals surface area contributed by atoms with Gasteiger partial charge >= 0.3 is 0 Å². The number of aryl methyl sites for hydroxylation is 1. The second-order valence-corrected chi connectivity index (χ2v) is 6.99. The van der Waals surface area contributed by atoms with Crippen LogP contribution in [0.1, 0.15) is 40.0 Å². The lowest BCUT2D eigenvalue weighted by Gasteiger charge is -2.19. The van der Waals surface area contributed by atoms with Crippen LogP contribution in [0.15, 0.2) is 30.5 Å². The molecule has 1 aromatic heterocycles. The minimum Gasteiger partial charge on any atom is -0.496 e. The van der Waals surface area contributed by atoms with E-state index in [1.165, 1.54) is 12.8 Å². The molecule has 0 bridgehead atoms. The Hall–Kier alpha value is -2.56. The number of ether oxygens (including phenoxy) is 2. The van der Waals surface area contributed by atoms with Crippen LogP contribution in [0.5, 0.6) is 11.5 Å². The average molecular weight is 354 g/mol. The summed E-state index contributed by atoms with van der Waals surface area (Å²) in [7, 11) is 3.44. The topological polar surface area (TPSA) is 51.7 Å². The zero-order valence-corrected chi connectivity index (χ0v) is 15.9. The van der Waals surface area contributed by atoms with Gasteiger partial charge in [0.1, 0.15) is 11.5 Å². The molecule has 1 aliphatic rings. The number of carbonyl (C=O) groups excluding carboxylic acids is 1. The van der Waals surface area contributed by atoms with Gasteiger partial charge in [-0.25, -0.2) is 0 Å². The van der Waals surface area contributed by atoms with Crippen LogP contribution in [0.3, 0.4) is 0 Å². The molecule has 1 saturated carbocycles. The van der Waals surface area contributed by atoms with Gasteiger partial charge in [-0.1, -0.05) is 0 Å². The molecule has 0 spiro atoms. The maximum absolute atomic E-state index is 12.7. The molecule has 1 heterocycles. The van der Waals surface area contributed by atoms with E-state index >= 15 is 0 Å². The number of amides is 1. The van der Waals surface area contributed by atoms with Crippen molar-refractivity contribution >= 4 is 5.91 Å². The van der Waals surface area contributed by atoms with Gasteiger partial charge in [0.25, 0.3) is 5.91 Å². The molecule has 26 heavy (non-hydrogen) atoms. The fraction of sp³-hybridized carbons (Fsp3) is 0.429. The van der Waals surface area contributed by atoms with Crippen molar-refractivity contribution in [2.45, 2.75) is 33.2 Å². The van der Waals surface area contributed by atoms with Crippen molar-refractivity contribution in [3.8, 4) is 11.5 Å². The molecule has 2 aromatic rings. The monoisotopic (exact) mass is 354 g/mol. The summed E-state index contributed by atoms with van der Waals surface area (Å²) in [6.45, 7) is 5.14. The second kappa shape index (κ2) is 7.77. The lowest BCUT2D eigenvalue weighted by atomic mass is 10.1. The van der Waals surface area contributed by atoms with Crippen LogP contribution >= 0.6 is 0 Å². The van der Waals surface area contributed by atoms with Crippen LogP contribution in [-0.4, -0.2) is 36.6 Å². The van der Waals surface area contributed by atoms with E-state index in [0.29, 0.717) is 18.0 Å². The number of benzene rings is 1. The molecule has 1 fully saturated rings. The van der Waals surface area contributed by atoms with Crippen LogP contribution in [0, 0.1) is 19.8 Å². The molecule has 0 N–H and O–H groups in total. The van der Waals surface area contributed by atoms with Gasteiger partial charge < -0.3 is 14.4 Å². The summed E-state index contributed by atoms with van der Waals surface area (Å²) in [5, 5.41) is 0. The standard InChI is InChI=1S/C21H26N2O3/c1-14-11-22-19(15(2)20(14)25-4)12-23(3)21(24)17-7-9-18(10-8-17)26-13-16-5-6-16/h7-11,16H,5-6,12-13H2,1-4H3. The maximum Gasteiger partial charge on any atom is 0.253 e. The van der Waals surface area contributed by atoms with Crippen LogP contribution in [0.2, 0.25) is 0 Å². The highest BCUT2D eigenvalue weighted by atomic mass is 16.5. The molecule has 0 atom stereocenters. The van der Waals surface area contributed by atoms with Crippen molar-refractivity contribution in [2.24, 2.45) is 5.92 Å². The minimum atomic E-state index is -0.0421. The van der Waals surface area contributed by atoms with E-state index in [1.54, 1.807) is 25.3 Å². The Morgan fingerprint density at radius 3 is 2.54 bits per heavy atom. The number of aromatic nitrogens is 1. The number of hydrogen-bond donors (Lipinski definition) is 0. The van der Waals surface area contributed by atoms with Gasteiger partial charge in [0.2, 0.25) is 0 Å². The Morgan fingerprint density at radius 1 is 1.23 bits per heavy atom. The maximum atomic E-state index is 12.7. The Bertz CT molecular complexity index is 783. The normalized spacial score (nSPS) is 13.4. The summed E-state index contributed by atoms with van der Waals surface area (Å²) >= 11 is 0. The van der Waals surface area contributed by atoms with Crippen molar-refractivity contribution in [3.05, 3.63) is 52.8 Å². The van der Waals surface area contributed by atoms with E-state index in [4.69, 9.17) is 9.47 Å².